The first kappa shape index (κ1) is 25.7. The molecule has 4 rings (SSSR count). The molecule has 2 aromatic carbocycles. The number of nitro groups is 1. The molecular weight excluding hydrogens is 492 g/mol. The van der Waals surface area contributed by atoms with E-state index in [1.807, 2.05) is 30.3 Å². The van der Waals surface area contributed by atoms with Gasteiger partial charge < -0.3 is 19.7 Å². The van der Waals surface area contributed by atoms with E-state index in [9.17, 15) is 19.7 Å². The van der Waals surface area contributed by atoms with E-state index in [1.165, 1.54) is 38.7 Å². The molecule has 0 fully saturated rings. The van der Waals surface area contributed by atoms with Gasteiger partial charge in [-0.25, -0.2) is 24.5 Å². The van der Waals surface area contributed by atoms with E-state index in [0.29, 0.717) is 5.82 Å². The lowest BCUT2D eigenvalue weighted by molar-refractivity contribution is -0.383. The molecule has 2 aromatic heterocycles. The van der Waals surface area contributed by atoms with Crippen LogP contribution < -0.4 is 10.2 Å². The maximum Gasteiger partial charge on any atom is 0.354 e. The number of nitrogens with one attached hydrogen (secondary N) is 1. The Hall–Kier alpha value is -5.39. The predicted octanol–water partition coefficient (Wildman–Crippen LogP) is 4.43. The van der Waals surface area contributed by atoms with Crippen molar-refractivity contribution in [2.24, 2.45) is 0 Å². The number of esters is 2. The summed E-state index contributed by atoms with van der Waals surface area (Å²) >= 11 is 0. The van der Waals surface area contributed by atoms with Crippen molar-refractivity contribution in [1.29, 1.82) is 0 Å². The molecule has 0 unspecified atom stereocenters. The first-order chi connectivity index (χ1) is 18.4. The second kappa shape index (κ2) is 11.6. The van der Waals surface area contributed by atoms with E-state index in [2.05, 4.69) is 20.3 Å². The summed E-state index contributed by atoms with van der Waals surface area (Å²) in [6.45, 7) is 0.236. The van der Waals surface area contributed by atoms with Crippen LogP contribution in [0.5, 0.6) is 0 Å². The molecule has 0 bridgehead atoms. The third kappa shape index (κ3) is 5.70. The van der Waals surface area contributed by atoms with Crippen LogP contribution in [0.1, 0.15) is 26.3 Å². The van der Waals surface area contributed by atoms with E-state index in [0.717, 1.165) is 5.56 Å². The highest BCUT2D eigenvalue weighted by Gasteiger charge is 2.29. The lowest BCUT2D eigenvalue weighted by Crippen LogP contribution is -2.21. The number of nitrogens with zero attached hydrogens (tertiary/aromatic N) is 5. The fraction of sp³-hybridized carbons (Fsp3) is 0.115. The highest BCUT2D eigenvalue weighted by molar-refractivity contribution is 5.97. The smallest absolute Gasteiger partial charge is 0.354 e. The van der Waals surface area contributed by atoms with E-state index >= 15 is 0 Å². The van der Waals surface area contributed by atoms with Gasteiger partial charge in [-0.1, -0.05) is 36.4 Å². The monoisotopic (exact) mass is 514 g/mol. The summed E-state index contributed by atoms with van der Waals surface area (Å²) in [7, 11) is 2.39. The third-order valence-corrected chi connectivity index (χ3v) is 5.39. The Morgan fingerprint density at radius 3 is 2.16 bits per heavy atom. The van der Waals surface area contributed by atoms with Crippen LogP contribution in [0, 0.1) is 10.1 Å². The minimum atomic E-state index is -0.708. The minimum Gasteiger partial charge on any atom is -0.465 e. The van der Waals surface area contributed by atoms with Crippen molar-refractivity contribution in [1.82, 2.24) is 15.0 Å². The zero-order valence-corrected chi connectivity index (χ0v) is 20.4. The molecular formula is C26H22N6O6. The van der Waals surface area contributed by atoms with Gasteiger partial charge in [0.1, 0.15) is 12.1 Å². The van der Waals surface area contributed by atoms with Crippen LogP contribution in [0.2, 0.25) is 0 Å². The fourth-order valence-electron chi connectivity index (χ4n) is 3.68. The fourth-order valence-corrected chi connectivity index (χ4v) is 3.68. The van der Waals surface area contributed by atoms with Crippen LogP contribution in [0.25, 0.3) is 0 Å². The lowest BCUT2D eigenvalue weighted by Gasteiger charge is -2.23. The number of hydrogen-bond acceptors (Lipinski definition) is 11. The predicted molar refractivity (Wildman–Crippen MR) is 138 cm³/mol. The molecule has 0 radical (unpaired) electrons. The zero-order chi connectivity index (χ0) is 27.1. The Kier molecular flexibility index (Phi) is 7.82. The second-order valence-electron chi connectivity index (χ2n) is 7.82. The molecule has 0 saturated carbocycles. The molecule has 12 nitrogen and oxygen atoms in total. The van der Waals surface area contributed by atoms with Gasteiger partial charge in [-0.2, -0.15) is 0 Å². The van der Waals surface area contributed by atoms with Gasteiger partial charge in [0.15, 0.2) is 0 Å². The van der Waals surface area contributed by atoms with Crippen molar-refractivity contribution in [3.8, 4) is 0 Å². The number of carbonyl (C=O) groups is 2. The molecule has 0 amide bonds. The summed E-state index contributed by atoms with van der Waals surface area (Å²) in [5.74, 6) is -1.15. The molecule has 0 saturated heterocycles. The van der Waals surface area contributed by atoms with E-state index in [1.54, 1.807) is 29.3 Å². The summed E-state index contributed by atoms with van der Waals surface area (Å²) in [5.41, 5.74) is 0.683. The SMILES string of the molecule is COC(=O)c1cc(Nc2ncnc(N(Cc3ccccc3)c3ccccn3)c2[N+](=O)[O-])cc(C(=O)OC)c1. The van der Waals surface area contributed by atoms with Crippen molar-refractivity contribution < 1.29 is 24.0 Å². The lowest BCUT2D eigenvalue weighted by atomic mass is 10.1. The molecule has 0 spiro atoms. The quantitative estimate of drug-likeness (QED) is 0.192. The Morgan fingerprint density at radius 1 is 0.921 bits per heavy atom. The number of hydrogen-bond donors (Lipinski definition) is 1. The molecule has 38 heavy (non-hydrogen) atoms. The summed E-state index contributed by atoms with van der Waals surface area (Å²) < 4.78 is 9.52. The first-order valence-electron chi connectivity index (χ1n) is 11.2. The van der Waals surface area contributed by atoms with Crippen molar-refractivity contribution in [3.05, 3.63) is 106 Å². The molecule has 0 aliphatic heterocycles. The average Bonchev–Trinajstić information content (AvgIpc) is 2.95. The van der Waals surface area contributed by atoms with E-state index in [4.69, 9.17) is 9.47 Å². The van der Waals surface area contributed by atoms with Crippen LogP contribution in [0.15, 0.2) is 79.3 Å². The summed E-state index contributed by atoms with van der Waals surface area (Å²) in [6.07, 6.45) is 2.75. The van der Waals surface area contributed by atoms with Crippen molar-refractivity contribution in [2.75, 3.05) is 24.4 Å². The van der Waals surface area contributed by atoms with Crippen LogP contribution >= 0.6 is 0 Å². The second-order valence-corrected chi connectivity index (χ2v) is 7.82. The number of ether oxygens (including phenoxy) is 2. The number of pyridine rings is 1. The van der Waals surface area contributed by atoms with Crippen molar-refractivity contribution >= 4 is 40.8 Å². The van der Waals surface area contributed by atoms with Gasteiger partial charge in [0.05, 0.1) is 36.8 Å². The summed E-state index contributed by atoms with van der Waals surface area (Å²) in [4.78, 5) is 50.4. The van der Waals surface area contributed by atoms with Gasteiger partial charge in [0.2, 0.25) is 11.6 Å². The maximum absolute atomic E-state index is 12.4. The molecule has 0 atom stereocenters. The number of aromatic nitrogens is 3. The molecule has 2 heterocycles. The normalized spacial score (nSPS) is 10.4. The van der Waals surface area contributed by atoms with Gasteiger partial charge in [0, 0.05) is 11.9 Å². The Bertz CT molecular complexity index is 1430. The average molecular weight is 514 g/mol. The number of anilines is 4. The standard InChI is InChI=1S/C26H22N6O6/c1-37-25(33)18-12-19(26(34)38-2)14-20(13-18)30-23-22(32(35)36)24(29-16-28-23)31(21-10-6-7-11-27-21)15-17-8-4-3-5-9-17/h3-14,16H,15H2,1-2H3,(H,28,29,30). The highest BCUT2D eigenvalue weighted by atomic mass is 16.6. The Balaban J connectivity index is 1.83. The highest BCUT2D eigenvalue weighted by Crippen LogP contribution is 2.37. The summed E-state index contributed by atoms with van der Waals surface area (Å²) in [5, 5.41) is 15.2. The number of benzene rings is 2. The van der Waals surface area contributed by atoms with E-state index in [-0.39, 0.29) is 35.0 Å². The van der Waals surface area contributed by atoms with Crippen molar-refractivity contribution in [3.63, 3.8) is 0 Å². The number of carbonyl (C=O) groups excluding carboxylic acids is 2. The molecule has 0 aliphatic carbocycles. The largest absolute Gasteiger partial charge is 0.465 e. The van der Waals surface area contributed by atoms with Crippen LogP contribution in [-0.2, 0) is 16.0 Å². The molecule has 192 valence electrons. The minimum absolute atomic E-state index is 0.00707. The topological polar surface area (TPSA) is 150 Å². The molecule has 1 N–H and O–H groups in total. The van der Waals surface area contributed by atoms with Gasteiger partial charge in [-0.15, -0.1) is 0 Å². The third-order valence-electron chi connectivity index (χ3n) is 5.39. The van der Waals surface area contributed by atoms with Gasteiger partial charge >= 0.3 is 17.6 Å². The van der Waals surface area contributed by atoms with Crippen LogP contribution in [-0.4, -0.2) is 46.0 Å². The molecule has 0 aliphatic rings. The number of rotatable bonds is 9. The Morgan fingerprint density at radius 2 is 1.58 bits per heavy atom. The van der Waals surface area contributed by atoms with Crippen molar-refractivity contribution in [2.45, 2.75) is 6.54 Å². The van der Waals surface area contributed by atoms with Crippen LogP contribution in [0.4, 0.5) is 28.8 Å². The van der Waals surface area contributed by atoms with E-state index < -0.39 is 22.5 Å². The summed E-state index contributed by atoms with van der Waals surface area (Å²) in [6, 6.07) is 18.6. The maximum atomic E-state index is 12.4. The zero-order valence-electron chi connectivity index (χ0n) is 20.4. The Labute approximate surface area is 217 Å². The van der Waals surface area contributed by atoms with Gasteiger partial charge in [-0.3, -0.25) is 10.1 Å². The number of methoxy groups -OCH3 is 2. The van der Waals surface area contributed by atoms with Gasteiger partial charge in [-0.05, 0) is 35.9 Å². The molecule has 12 heteroatoms. The molecule has 4 aromatic rings. The first-order valence-corrected chi connectivity index (χ1v) is 11.2. The van der Waals surface area contributed by atoms with Crippen LogP contribution in [0.3, 0.4) is 0 Å². The van der Waals surface area contributed by atoms with Gasteiger partial charge in [0.25, 0.3) is 0 Å².